The van der Waals surface area contributed by atoms with Crippen LogP contribution in [0.5, 0.6) is 5.75 Å². The van der Waals surface area contributed by atoms with Gasteiger partial charge in [-0.1, -0.05) is 23.7 Å². The third-order valence-electron chi connectivity index (χ3n) is 3.95. The van der Waals surface area contributed by atoms with Crippen molar-refractivity contribution in [2.75, 3.05) is 27.7 Å². The number of sulfonamides is 1. The fourth-order valence-electron chi connectivity index (χ4n) is 2.45. The highest BCUT2D eigenvalue weighted by molar-refractivity contribution is 7.89. The topological polar surface area (TPSA) is 66.9 Å². The minimum Gasteiger partial charge on any atom is -0.494 e. The van der Waals surface area contributed by atoms with Crippen molar-refractivity contribution in [3.63, 3.8) is 0 Å². The Kier molecular flexibility index (Phi) is 6.86. The maximum Gasteiger partial charge on any atom is 0.255 e. The van der Waals surface area contributed by atoms with Crippen LogP contribution in [0, 0.1) is 0 Å². The molecule has 27 heavy (non-hydrogen) atoms. The maximum absolute atomic E-state index is 12.8. The SMILES string of the molecule is CCOc1ccc(CN(C)C(=O)c2cc(S(=O)(=O)N(C)C)ccc2Cl)cc1. The van der Waals surface area contributed by atoms with E-state index in [1.54, 1.807) is 7.05 Å². The molecule has 0 aliphatic heterocycles. The summed E-state index contributed by atoms with van der Waals surface area (Å²) in [5.41, 5.74) is 1.07. The van der Waals surface area contributed by atoms with Crippen molar-refractivity contribution in [2.45, 2.75) is 18.4 Å². The number of hydrogen-bond donors (Lipinski definition) is 0. The zero-order valence-electron chi connectivity index (χ0n) is 15.8. The Morgan fingerprint density at radius 3 is 2.26 bits per heavy atom. The lowest BCUT2D eigenvalue weighted by Crippen LogP contribution is -2.27. The number of hydrogen-bond acceptors (Lipinski definition) is 4. The first-order valence-electron chi connectivity index (χ1n) is 8.36. The fraction of sp³-hybridized carbons (Fsp3) is 0.316. The molecule has 0 saturated carbocycles. The first kappa shape index (κ1) is 21.2. The highest BCUT2D eigenvalue weighted by atomic mass is 35.5. The van der Waals surface area contributed by atoms with Crippen molar-refractivity contribution in [3.8, 4) is 5.75 Å². The molecule has 1 amide bonds. The van der Waals surface area contributed by atoms with Crippen LogP contribution >= 0.6 is 11.6 Å². The summed E-state index contributed by atoms with van der Waals surface area (Å²) in [6.45, 7) is 2.85. The van der Waals surface area contributed by atoms with Crippen molar-refractivity contribution in [3.05, 3.63) is 58.6 Å². The van der Waals surface area contributed by atoms with Gasteiger partial charge in [-0.3, -0.25) is 4.79 Å². The summed E-state index contributed by atoms with van der Waals surface area (Å²) in [6, 6.07) is 11.6. The Morgan fingerprint density at radius 1 is 1.07 bits per heavy atom. The summed E-state index contributed by atoms with van der Waals surface area (Å²) in [6.07, 6.45) is 0. The number of ether oxygens (including phenoxy) is 1. The first-order chi connectivity index (χ1) is 12.7. The molecule has 2 rings (SSSR count). The van der Waals surface area contributed by atoms with Crippen molar-refractivity contribution in [1.82, 2.24) is 9.21 Å². The average Bonchev–Trinajstić information content (AvgIpc) is 2.63. The molecule has 0 fully saturated rings. The molecule has 0 aromatic heterocycles. The molecule has 8 heteroatoms. The van der Waals surface area contributed by atoms with Crippen LogP contribution in [-0.2, 0) is 16.6 Å². The molecule has 0 bridgehead atoms. The van der Waals surface area contributed by atoms with Gasteiger partial charge in [0.1, 0.15) is 5.75 Å². The second-order valence-corrected chi connectivity index (χ2v) is 8.73. The summed E-state index contributed by atoms with van der Waals surface area (Å²) < 4.78 is 31.1. The summed E-state index contributed by atoms with van der Waals surface area (Å²) >= 11 is 6.15. The first-order valence-corrected chi connectivity index (χ1v) is 10.2. The lowest BCUT2D eigenvalue weighted by Gasteiger charge is -2.19. The normalized spacial score (nSPS) is 11.5. The van der Waals surface area contributed by atoms with Crippen LogP contribution in [0.25, 0.3) is 0 Å². The van der Waals surface area contributed by atoms with Crippen molar-refractivity contribution in [2.24, 2.45) is 0 Å². The molecule has 0 spiro atoms. The van der Waals surface area contributed by atoms with Gasteiger partial charge in [-0.2, -0.15) is 0 Å². The molecule has 146 valence electrons. The van der Waals surface area contributed by atoms with E-state index < -0.39 is 10.0 Å². The molecule has 2 aromatic rings. The fourth-order valence-corrected chi connectivity index (χ4v) is 3.58. The summed E-state index contributed by atoms with van der Waals surface area (Å²) in [4.78, 5) is 14.3. The van der Waals surface area contributed by atoms with Gasteiger partial charge in [-0.15, -0.1) is 0 Å². The van der Waals surface area contributed by atoms with Crippen molar-refractivity contribution in [1.29, 1.82) is 0 Å². The lowest BCUT2D eigenvalue weighted by atomic mass is 10.1. The maximum atomic E-state index is 12.8. The van der Waals surface area contributed by atoms with Gasteiger partial charge in [0.15, 0.2) is 0 Å². The number of amides is 1. The van der Waals surface area contributed by atoms with E-state index in [1.165, 1.54) is 37.2 Å². The van der Waals surface area contributed by atoms with Crippen LogP contribution < -0.4 is 4.74 Å². The highest BCUT2D eigenvalue weighted by Crippen LogP contribution is 2.24. The molecule has 0 heterocycles. The van der Waals surface area contributed by atoms with Crippen LogP contribution in [0.4, 0.5) is 0 Å². The molecule has 0 N–H and O–H groups in total. The van der Waals surface area contributed by atoms with Crippen molar-refractivity contribution >= 4 is 27.5 Å². The van der Waals surface area contributed by atoms with E-state index in [4.69, 9.17) is 16.3 Å². The molecule has 6 nitrogen and oxygen atoms in total. The van der Waals surface area contributed by atoms with Crippen LogP contribution in [0.3, 0.4) is 0 Å². The summed E-state index contributed by atoms with van der Waals surface area (Å²) in [5, 5.41) is 0.205. The average molecular weight is 411 g/mol. The minimum absolute atomic E-state index is 0.0229. The molecule has 0 saturated heterocycles. The van der Waals surface area contributed by atoms with Crippen molar-refractivity contribution < 1.29 is 17.9 Å². The van der Waals surface area contributed by atoms with Crippen LogP contribution in [0.15, 0.2) is 47.4 Å². The molecular weight excluding hydrogens is 388 g/mol. The number of carbonyl (C=O) groups excluding carboxylic acids is 1. The number of benzene rings is 2. The standard InChI is InChI=1S/C19H23ClN2O4S/c1-5-26-15-8-6-14(7-9-15)13-22(4)19(23)17-12-16(10-11-18(17)20)27(24,25)21(2)3/h6-12H,5,13H2,1-4H3. The van der Waals surface area contributed by atoms with Gasteiger partial charge < -0.3 is 9.64 Å². The van der Waals surface area contributed by atoms with E-state index in [2.05, 4.69) is 0 Å². The molecular formula is C19H23ClN2O4S. The summed E-state index contributed by atoms with van der Waals surface area (Å²) in [5.74, 6) is 0.407. The molecule has 0 aliphatic rings. The number of carbonyl (C=O) groups is 1. The van der Waals surface area contributed by atoms with Crippen LogP contribution in [-0.4, -0.2) is 51.3 Å². The Balaban J connectivity index is 2.23. The quantitative estimate of drug-likeness (QED) is 0.702. The van der Waals surface area contributed by atoms with E-state index in [1.807, 2.05) is 31.2 Å². The van der Waals surface area contributed by atoms with E-state index >= 15 is 0 Å². The Bertz CT molecular complexity index is 912. The zero-order valence-corrected chi connectivity index (χ0v) is 17.3. The van der Waals surface area contributed by atoms with Gasteiger partial charge in [-0.25, -0.2) is 12.7 Å². The van der Waals surface area contributed by atoms with Gasteiger partial charge in [0.25, 0.3) is 5.91 Å². The van der Waals surface area contributed by atoms with E-state index in [9.17, 15) is 13.2 Å². The van der Waals surface area contributed by atoms with E-state index in [0.29, 0.717) is 13.2 Å². The number of nitrogens with zero attached hydrogens (tertiary/aromatic N) is 2. The zero-order chi connectivity index (χ0) is 20.2. The third-order valence-corrected chi connectivity index (χ3v) is 6.09. The molecule has 2 aromatic carbocycles. The lowest BCUT2D eigenvalue weighted by molar-refractivity contribution is 0.0785. The number of halogens is 1. The Morgan fingerprint density at radius 2 is 1.70 bits per heavy atom. The monoisotopic (exact) mass is 410 g/mol. The molecule has 0 aliphatic carbocycles. The molecule has 0 unspecified atom stereocenters. The van der Waals surface area contributed by atoms with Crippen LogP contribution in [0.1, 0.15) is 22.8 Å². The Labute approximate surface area is 165 Å². The predicted octanol–water partition coefficient (Wildman–Crippen LogP) is 3.26. The van der Waals surface area contributed by atoms with E-state index in [-0.39, 0.29) is 21.4 Å². The van der Waals surface area contributed by atoms with Crippen LogP contribution in [0.2, 0.25) is 5.02 Å². The second kappa shape index (κ2) is 8.73. The van der Waals surface area contributed by atoms with Gasteiger partial charge >= 0.3 is 0 Å². The largest absolute Gasteiger partial charge is 0.494 e. The Hall–Kier alpha value is -2.09. The van der Waals surface area contributed by atoms with Gasteiger partial charge in [0.05, 0.1) is 22.1 Å². The van der Waals surface area contributed by atoms with Gasteiger partial charge in [0.2, 0.25) is 10.0 Å². The van der Waals surface area contributed by atoms with Gasteiger partial charge in [-0.05, 0) is 42.8 Å². The summed E-state index contributed by atoms with van der Waals surface area (Å²) in [7, 11) is 0.855. The minimum atomic E-state index is -3.65. The second-order valence-electron chi connectivity index (χ2n) is 6.17. The number of rotatable bonds is 7. The molecule has 0 radical (unpaired) electrons. The highest BCUT2D eigenvalue weighted by Gasteiger charge is 2.22. The van der Waals surface area contributed by atoms with Gasteiger partial charge in [0, 0.05) is 27.7 Å². The molecule has 0 atom stereocenters. The van der Waals surface area contributed by atoms with E-state index in [0.717, 1.165) is 15.6 Å². The predicted molar refractivity (Wildman–Crippen MR) is 106 cm³/mol. The third kappa shape index (κ3) is 5.00. The smallest absolute Gasteiger partial charge is 0.255 e.